The van der Waals surface area contributed by atoms with Crippen LogP contribution in [0.5, 0.6) is 0 Å². The maximum absolute atomic E-state index is 9.53. The van der Waals surface area contributed by atoms with Crippen molar-refractivity contribution in [1.29, 1.82) is 0 Å². The Balaban J connectivity index is 1.60. The van der Waals surface area contributed by atoms with Gasteiger partial charge in [-0.25, -0.2) is 0 Å². The maximum atomic E-state index is 9.53. The second-order valence-electron chi connectivity index (χ2n) is 11.0. The van der Waals surface area contributed by atoms with Crippen molar-refractivity contribution >= 4 is 43.5 Å². The zero-order chi connectivity index (χ0) is 36.7. The third-order valence-corrected chi connectivity index (χ3v) is 8.53. The molecule has 0 saturated heterocycles. The van der Waals surface area contributed by atoms with Crippen LogP contribution in [-0.2, 0) is 0 Å². The van der Waals surface area contributed by atoms with Gasteiger partial charge in [-0.1, -0.05) is 151 Å². The number of rotatable bonds is 4. The fraction of sp³-hybridized carbons (Fsp3) is 0. The van der Waals surface area contributed by atoms with Gasteiger partial charge in [0.2, 0.25) is 0 Å². The van der Waals surface area contributed by atoms with Crippen LogP contribution in [0.15, 0.2) is 174 Å². The smallest absolute Gasteiger partial charge is 0.136 e. The molecule has 0 atom stereocenters. The van der Waals surface area contributed by atoms with E-state index in [1.54, 1.807) is 0 Å². The highest BCUT2D eigenvalue weighted by Gasteiger charge is 2.22. The number of hydrogen-bond donors (Lipinski definition) is 0. The highest BCUT2D eigenvalue weighted by molar-refractivity contribution is 6.24. The second kappa shape index (κ2) is 10.4. The van der Waals surface area contributed by atoms with Crippen LogP contribution in [0.3, 0.4) is 0 Å². The molecule has 9 rings (SSSR count). The van der Waals surface area contributed by atoms with Crippen molar-refractivity contribution in [3.8, 4) is 44.5 Å². The van der Waals surface area contributed by atoms with Gasteiger partial charge in [-0.05, 0) is 84.3 Å². The molecule has 9 aromatic rings. The van der Waals surface area contributed by atoms with Crippen molar-refractivity contribution in [3.05, 3.63) is 170 Å². The zero-order valence-electron chi connectivity index (χ0n) is 32.0. The maximum Gasteiger partial charge on any atom is 0.136 e. The number of para-hydroxylation sites is 1. The molecule has 0 bridgehead atoms. The third kappa shape index (κ3) is 4.09. The van der Waals surface area contributed by atoms with E-state index in [4.69, 9.17) is 9.90 Å². The summed E-state index contributed by atoms with van der Waals surface area (Å²) in [7, 11) is 0. The van der Waals surface area contributed by atoms with Crippen LogP contribution in [0.25, 0.3) is 88.0 Å². The second-order valence-corrected chi connectivity index (χ2v) is 11.0. The molecule has 0 aliphatic carbocycles. The highest BCUT2D eigenvalue weighted by atomic mass is 16.3. The molecule has 1 nitrogen and oxygen atoms in total. The molecule has 210 valence electrons. The lowest BCUT2D eigenvalue weighted by Gasteiger charge is -2.21. The van der Waals surface area contributed by atoms with Gasteiger partial charge in [-0.15, -0.1) is 0 Å². The Morgan fingerprint density at radius 2 is 0.844 bits per heavy atom. The Kier molecular flexibility index (Phi) is 4.30. The van der Waals surface area contributed by atoms with Crippen LogP contribution in [0.1, 0.15) is 11.0 Å². The number of hydrogen-bond acceptors (Lipinski definition) is 1. The fourth-order valence-corrected chi connectivity index (χ4v) is 6.57. The van der Waals surface area contributed by atoms with Crippen molar-refractivity contribution in [3.63, 3.8) is 0 Å². The predicted octanol–water partition coefficient (Wildman–Crippen LogP) is 12.6. The van der Waals surface area contributed by atoms with Crippen LogP contribution in [0.4, 0.5) is 0 Å². The summed E-state index contributed by atoms with van der Waals surface area (Å²) in [6.45, 7) is 0. The molecule has 0 radical (unpaired) electrons. The monoisotopic (exact) mass is 580 g/mol. The summed E-state index contributed by atoms with van der Waals surface area (Å²) < 4.78 is 80.0. The summed E-state index contributed by atoms with van der Waals surface area (Å²) in [5.74, 6) is 0. The van der Waals surface area contributed by atoms with E-state index in [1.807, 2.05) is 121 Å². The topological polar surface area (TPSA) is 13.1 Å². The van der Waals surface area contributed by atoms with E-state index in [0.717, 1.165) is 27.5 Å². The van der Waals surface area contributed by atoms with Gasteiger partial charge >= 0.3 is 0 Å². The largest absolute Gasteiger partial charge is 0.456 e. The molecule has 1 heteroatoms. The van der Waals surface area contributed by atoms with Crippen LogP contribution in [-0.4, -0.2) is 0 Å². The minimum atomic E-state index is -0.442. The Labute approximate surface area is 272 Å². The molecule has 0 unspecified atom stereocenters. The van der Waals surface area contributed by atoms with Crippen molar-refractivity contribution in [2.45, 2.75) is 0 Å². The zero-order valence-corrected chi connectivity index (χ0v) is 24.0. The summed E-state index contributed by atoms with van der Waals surface area (Å²) >= 11 is 0. The van der Waals surface area contributed by atoms with E-state index in [-0.39, 0.29) is 45.7 Å². The van der Waals surface area contributed by atoms with Crippen LogP contribution in [0, 0.1) is 0 Å². The molecule has 45 heavy (non-hydrogen) atoms. The van der Waals surface area contributed by atoms with E-state index in [2.05, 4.69) is 0 Å². The standard InChI is InChI=1S/C44H28O/c1-3-15-29(16-4-1)31-19-7-8-21-33(31)43-34-22-9-11-24-36(34)44(37-25-12-10-23-35(37)43)40-27-39-32-20-13-14-26-41(32)45-42(39)28-38(40)30-17-5-2-6-18-30/h1-28H/i9D,10D,11D,12D,22D,23D,24D,25D. The van der Waals surface area contributed by atoms with Gasteiger partial charge in [0.15, 0.2) is 0 Å². The Bertz CT molecular complexity index is 2890. The first-order chi connectivity index (χ1) is 25.7. The molecule has 0 saturated carbocycles. The lowest BCUT2D eigenvalue weighted by molar-refractivity contribution is 0.669. The van der Waals surface area contributed by atoms with E-state index >= 15 is 0 Å². The van der Waals surface area contributed by atoms with E-state index in [1.165, 1.54) is 0 Å². The summed E-state index contributed by atoms with van der Waals surface area (Å²) in [5.41, 5.74) is 6.08. The van der Waals surface area contributed by atoms with Crippen LogP contribution < -0.4 is 0 Å². The molecular weight excluding hydrogens is 544 g/mol. The lowest BCUT2D eigenvalue weighted by atomic mass is 9.82. The fourth-order valence-electron chi connectivity index (χ4n) is 6.57. The van der Waals surface area contributed by atoms with Gasteiger partial charge in [-0.2, -0.15) is 0 Å². The summed E-state index contributed by atoms with van der Waals surface area (Å²) in [5, 5.41) is 2.27. The average molecular weight is 581 g/mol. The minimum absolute atomic E-state index is 0.163. The molecule has 0 fully saturated rings. The molecule has 0 spiro atoms. The van der Waals surface area contributed by atoms with Gasteiger partial charge in [0.25, 0.3) is 0 Å². The van der Waals surface area contributed by atoms with Gasteiger partial charge in [0.1, 0.15) is 11.2 Å². The SMILES string of the molecule is [2H]c1c([2H])c([2H])c2c(-c3cc4c(cc3-c3ccccc3)oc3ccccc34)c3c([2H])c([2H])c([2H])c([2H])c3c(-c3ccccc3-c3ccccc3)c2c1[2H]. The molecular formula is C44H28O. The van der Waals surface area contributed by atoms with E-state index in [0.29, 0.717) is 39.0 Å². The lowest BCUT2D eigenvalue weighted by Crippen LogP contribution is -1.94. The molecule has 8 aromatic carbocycles. The molecule has 1 aromatic heterocycles. The predicted molar refractivity (Wildman–Crippen MR) is 190 cm³/mol. The normalized spacial score (nSPS) is 14.0. The number of fused-ring (bicyclic) bond motifs is 5. The minimum Gasteiger partial charge on any atom is -0.456 e. The van der Waals surface area contributed by atoms with Gasteiger partial charge < -0.3 is 4.42 Å². The highest BCUT2D eigenvalue weighted by Crippen LogP contribution is 2.49. The average Bonchev–Trinajstić information content (AvgIpc) is 3.57. The number of benzene rings is 8. The third-order valence-electron chi connectivity index (χ3n) is 8.53. The number of furan rings is 1. The van der Waals surface area contributed by atoms with Gasteiger partial charge in [0.05, 0.1) is 11.0 Å². The van der Waals surface area contributed by atoms with E-state index in [9.17, 15) is 5.48 Å². The van der Waals surface area contributed by atoms with Crippen LogP contribution >= 0.6 is 0 Å². The van der Waals surface area contributed by atoms with Crippen molar-refractivity contribution in [1.82, 2.24) is 0 Å². The quantitative estimate of drug-likeness (QED) is 0.189. The van der Waals surface area contributed by atoms with Crippen molar-refractivity contribution < 1.29 is 15.4 Å². The first-order valence-corrected chi connectivity index (χ1v) is 14.8. The van der Waals surface area contributed by atoms with Crippen molar-refractivity contribution in [2.75, 3.05) is 0 Å². The first-order valence-electron chi connectivity index (χ1n) is 18.8. The summed E-state index contributed by atoms with van der Waals surface area (Å²) in [4.78, 5) is 0. The Morgan fingerprint density at radius 3 is 1.47 bits per heavy atom. The van der Waals surface area contributed by atoms with Crippen LogP contribution in [0.2, 0.25) is 0 Å². The molecule has 0 aliphatic heterocycles. The summed E-state index contributed by atoms with van der Waals surface area (Å²) in [6.07, 6.45) is 0. The Hall–Kier alpha value is -5.92. The first kappa shape index (κ1) is 18.7. The van der Waals surface area contributed by atoms with E-state index < -0.39 is 24.2 Å². The Morgan fingerprint density at radius 1 is 0.356 bits per heavy atom. The molecule has 1 heterocycles. The molecule has 0 N–H and O–H groups in total. The molecule has 0 aliphatic rings. The van der Waals surface area contributed by atoms with Crippen molar-refractivity contribution in [2.24, 2.45) is 0 Å². The molecule has 0 amide bonds. The summed E-state index contributed by atoms with van der Waals surface area (Å²) in [6, 6.07) is 35.2. The van der Waals surface area contributed by atoms with Gasteiger partial charge in [0, 0.05) is 10.8 Å². The van der Waals surface area contributed by atoms with Gasteiger partial charge in [-0.3, -0.25) is 0 Å².